The zero-order valence-electron chi connectivity index (χ0n) is 8.06. The number of pyridine rings is 1. The smallest absolute Gasteiger partial charge is 0.146 e. The highest BCUT2D eigenvalue weighted by Gasteiger charge is 2.31. The summed E-state index contributed by atoms with van der Waals surface area (Å²) in [4.78, 5) is 5.82. The molecule has 1 aromatic heterocycles. The van der Waals surface area contributed by atoms with E-state index in [1.807, 2.05) is 24.1 Å². The zero-order chi connectivity index (χ0) is 9.97. The summed E-state index contributed by atoms with van der Waals surface area (Å²) < 4.78 is 18.4. The Morgan fingerprint density at radius 2 is 2.14 bits per heavy atom. The third-order valence-corrected chi connectivity index (χ3v) is 2.55. The fourth-order valence-corrected chi connectivity index (χ4v) is 1.64. The number of hydrogen-bond acceptors (Lipinski definition) is 3. The van der Waals surface area contributed by atoms with E-state index in [2.05, 4.69) is 4.98 Å². The first-order valence-corrected chi connectivity index (χ1v) is 4.63. The third-order valence-electron chi connectivity index (χ3n) is 2.55. The van der Waals surface area contributed by atoms with Crippen LogP contribution in [-0.2, 0) is 4.74 Å². The summed E-state index contributed by atoms with van der Waals surface area (Å²) in [5, 5.41) is 0. The molecule has 4 heteroatoms. The van der Waals surface area contributed by atoms with Crippen molar-refractivity contribution < 1.29 is 9.13 Å². The van der Waals surface area contributed by atoms with Crippen LogP contribution in [0.5, 0.6) is 0 Å². The number of nitrogens with zero attached hydrogens (tertiary/aromatic N) is 2. The van der Waals surface area contributed by atoms with Gasteiger partial charge in [0.05, 0.1) is 19.3 Å². The van der Waals surface area contributed by atoms with Crippen molar-refractivity contribution in [3.63, 3.8) is 0 Å². The van der Waals surface area contributed by atoms with E-state index in [-0.39, 0.29) is 12.6 Å². The van der Waals surface area contributed by atoms with Crippen LogP contribution in [0.25, 0.3) is 0 Å². The fourth-order valence-electron chi connectivity index (χ4n) is 1.64. The van der Waals surface area contributed by atoms with Crippen LogP contribution in [0.1, 0.15) is 0 Å². The lowest BCUT2D eigenvalue weighted by Gasteiger charge is -2.26. The lowest BCUT2D eigenvalue weighted by atomic mass is 10.2. The van der Waals surface area contributed by atoms with Crippen molar-refractivity contribution in [2.24, 2.45) is 0 Å². The van der Waals surface area contributed by atoms with Crippen LogP contribution in [0.3, 0.4) is 0 Å². The fraction of sp³-hybridized carbons (Fsp3) is 0.500. The molecule has 1 aromatic rings. The van der Waals surface area contributed by atoms with Crippen LogP contribution in [0, 0.1) is 0 Å². The second-order valence-electron chi connectivity index (χ2n) is 3.44. The number of alkyl halides is 1. The molecule has 2 rings (SSSR count). The van der Waals surface area contributed by atoms with E-state index in [1.165, 1.54) is 0 Å². The van der Waals surface area contributed by atoms with E-state index >= 15 is 0 Å². The monoisotopic (exact) mass is 196 g/mol. The molecule has 1 aliphatic rings. The minimum absolute atomic E-state index is 0.169. The van der Waals surface area contributed by atoms with Gasteiger partial charge in [0.15, 0.2) is 0 Å². The molecule has 0 unspecified atom stereocenters. The first kappa shape index (κ1) is 9.40. The van der Waals surface area contributed by atoms with Gasteiger partial charge in [0.1, 0.15) is 6.17 Å². The number of halogens is 1. The average molecular weight is 196 g/mol. The Bertz CT molecular complexity index is 293. The summed E-state index contributed by atoms with van der Waals surface area (Å²) in [6.45, 7) is 0.667. The highest BCUT2D eigenvalue weighted by Crippen LogP contribution is 2.20. The molecule has 2 heterocycles. The minimum Gasteiger partial charge on any atom is -0.376 e. The number of ether oxygens (including phenoxy) is 1. The van der Waals surface area contributed by atoms with E-state index in [0.29, 0.717) is 6.61 Å². The molecule has 76 valence electrons. The predicted octanol–water partition coefficient (Wildman–Crippen LogP) is 1.25. The molecule has 1 fully saturated rings. The van der Waals surface area contributed by atoms with Crippen molar-refractivity contribution in [3.05, 3.63) is 24.5 Å². The van der Waals surface area contributed by atoms with Gasteiger partial charge in [0, 0.05) is 25.1 Å². The number of aromatic nitrogens is 1. The highest BCUT2D eigenvalue weighted by molar-refractivity contribution is 5.45. The molecule has 1 saturated heterocycles. The molecule has 0 aromatic carbocycles. The van der Waals surface area contributed by atoms with Crippen molar-refractivity contribution in [2.45, 2.75) is 12.2 Å². The minimum atomic E-state index is -0.895. The molecule has 1 aliphatic heterocycles. The van der Waals surface area contributed by atoms with Crippen LogP contribution < -0.4 is 4.90 Å². The molecule has 3 nitrogen and oxygen atoms in total. The van der Waals surface area contributed by atoms with Gasteiger partial charge in [-0.05, 0) is 12.1 Å². The molecule has 0 saturated carbocycles. The number of likely N-dealkylation sites (N-methyl/N-ethyl adjacent to an activating group) is 1. The molecule has 0 bridgehead atoms. The lowest BCUT2D eigenvalue weighted by Crippen LogP contribution is -2.38. The van der Waals surface area contributed by atoms with Gasteiger partial charge < -0.3 is 9.64 Å². The summed E-state index contributed by atoms with van der Waals surface area (Å²) >= 11 is 0. The summed E-state index contributed by atoms with van der Waals surface area (Å²) in [5.41, 5.74) is 0.971. The second kappa shape index (κ2) is 3.92. The quantitative estimate of drug-likeness (QED) is 0.712. The third kappa shape index (κ3) is 1.70. The number of anilines is 1. The SMILES string of the molecule is CN(c1ccncc1)[C@@H]1COC[C@H]1F. The van der Waals surface area contributed by atoms with Gasteiger partial charge in [-0.25, -0.2) is 4.39 Å². The highest BCUT2D eigenvalue weighted by atomic mass is 19.1. The summed E-state index contributed by atoms with van der Waals surface area (Å²) in [6, 6.07) is 3.56. The maximum absolute atomic E-state index is 13.3. The topological polar surface area (TPSA) is 25.4 Å². The van der Waals surface area contributed by atoms with Crippen molar-refractivity contribution in [1.82, 2.24) is 4.98 Å². The van der Waals surface area contributed by atoms with E-state index in [9.17, 15) is 4.39 Å². The summed E-state index contributed by atoms with van der Waals surface area (Å²) in [7, 11) is 1.88. The summed E-state index contributed by atoms with van der Waals surface area (Å²) in [6.07, 6.45) is 2.51. The van der Waals surface area contributed by atoms with Gasteiger partial charge in [0.25, 0.3) is 0 Å². The van der Waals surface area contributed by atoms with Crippen LogP contribution in [0.2, 0.25) is 0 Å². The normalized spacial score (nSPS) is 26.4. The van der Waals surface area contributed by atoms with E-state index in [0.717, 1.165) is 5.69 Å². The van der Waals surface area contributed by atoms with Crippen molar-refractivity contribution in [3.8, 4) is 0 Å². The van der Waals surface area contributed by atoms with Gasteiger partial charge in [-0.3, -0.25) is 4.98 Å². The number of hydrogen-bond donors (Lipinski definition) is 0. The number of rotatable bonds is 2. The zero-order valence-corrected chi connectivity index (χ0v) is 8.06. The summed E-state index contributed by atoms with van der Waals surface area (Å²) in [5.74, 6) is 0. The van der Waals surface area contributed by atoms with Gasteiger partial charge in [-0.15, -0.1) is 0 Å². The van der Waals surface area contributed by atoms with Gasteiger partial charge in [0.2, 0.25) is 0 Å². The molecular formula is C10H13FN2O. The van der Waals surface area contributed by atoms with Gasteiger partial charge in [-0.2, -0.15) is 0 Å². The Morgan fingerprint density at radius 3 is 2.71 bits per heavy atom. The van der Waals surface area contributed by atoms with Crippen LogP contribution in [0.4, 0.5) is 10.1 Å². The largest absolute Gasteiger partial charge is 0.376 e. The van der Waals surface area contributed by atoms with E-state index in [4.69, 9.17) is 4.74 Å². The lowest BCUT2D eigenvalue weighted by molar-refractivity contribution is 0.173. The predicted molar refractivity (Wildman–Crippen MR) is 52.1 cm³/mol. The van der Waals surface area contributed by atoms with Crippen molar-refractivity contribution in [2.75, 3.05) is 25.2 Å². The van der Waals surface area contributed by atoms with Crippen LogP contribution in [-0.4, -0.2) is 37.5 Å². The Labute approximate surface area is 82.5 Å². The van der Waals surface area contributed by atoms with E-state index in [1.54, 1.807) is 12.4 Å². The molecule has 0 radical (unpaired) electrons. The molecular weight excluding hydrogens is 183 g/mol. The van der Waals surface area contributed by atoms with Gasteiger partial charge in [-0.1, -0.05) is 0 Å². The van der Waals surface area contributed by atoms with Crippen molar-refractivity contribution in [1.29, 1.82) is 0 Å². The molecule has 2 atom stereocenters. The molecule has 0 N–H and O–H groups in total. The molecule has 0 amide bonds. The molecule has 0 aliphatic carbocycles. The standard InChI is InChI=1S/C10H13FN2O/c1-13(8-2-4-12-5-3-8)10-7-14-6-9(10)11/h2-5,9-10H,6-7H2,1H3/t9-,10-/m1/s1. The second-order valence-corrected chi connectivity index (χ2v) is 3.44. The molecule has 0 spiro atoms. The Balaban J connectivity index is 2.12. The Hall–Kier alpha value is -1.16. The first-order chi connectivity index (χ1) is 6.79. The first-order valence-electron chi connectivity index (χ1n) is 4.63. The van der Waals surface area contributed by atoms with Crippen LogP contribution >= 0.6 is 0 Å². The van der Waals surface area contributed by atoms with Crippen LogP contribution in [0.15, 0.2) is 24.5 Å². The maximum Gasteiger partial charge on any atom is 0.146 e. The Morgan fingerprint density at radius 1 is 1.43 bits per heavy atom. The average Bonchev–Trinajstić information content (AvgIpc) is 2.65. The van der Waals surface area contributed by atoms with Crippen molar-refractivity contribution >= 4 is 5.69 Å². The molecule has 14 heavy (non-hydrogen) atoms. The Kier molecular flexibility index (Phi) is 2.63. The van der Waals surface area contributed by atoms with E-state index < -0.39 is 6.17 Å². The van der Waals surface area contributed by atoms with Gasteiger partial charge >= 0.3 is 0 Å². The maximum atomic E-state index is 13.3.